The molecule has 2 spiro atoms. The van der Waals surface area contributed by atoms with E-state index in [2.05, 4.69) is 43.2 Å². The molecule has 92 valence electrons. The van der Waals surface area contributed by atoms with Crippen molar-refractivity contribution in [3.05, 3.63) is 0 Å². The van der Waals surface area contributed by atoms with Crippen molar-refractivity contribution in [3.63, 3.8) is 0 Å². The lowest BCUT2D eigenvalue weighted by atomic mass is 10.00. The summed E-state index contributed by atoms with van der Waals surface area (Å²) in [6, 6.07) is 0. The molecule has 0 aromatic heterocycles. The van der Waals surface area contributed by atoms with Gasteiger partial charge in [-0.2, -0.15) is 0 Å². The van der Waals surface area contributed by atoms with Gasteiger partial charge in [0.1, 0.15) is 0 Å². The van der Waals surface area contributed by atoms with Crippen molar-refractivity contribution in [3.8, 4) is 0 Å². The first-order chi connectivity index (χ1) is 7.83. The van der Waals surface area contributed by atoms with Gasteiger partial charge in [-0.05, 0) is 25.7 Å². The van der Waals surface area contributed by atoms with E-state index in [9.17, 15) is 0 Å². The Morgan fingerprint density at radius 2 is 0.750 bits per heavy atom. The summed E-state index contributed by atoms with van der Waals surface area (Å²) in [5.41, 5.74) is 0. The van der Waals surface area contributed by atoms with E-state index >= 15 is 0 Å². The molecule has 16 heavy (non-hydrogen) atoms. The fraction of sp³-hybridized carbons (Fsp3) is 1.00. The summed E-state index contributed by atoms with van der Waals surface area (Å²) in [5, 5.41) is 0. The maximum Gasteiger partial charge on any atom is 0.0818 e. The average molecular weight is 293 g/mol. The maximum absolute atomic E-state index is 2.25. The van der Waals surface area contributed by atoms with Gasteiger partial charge < -0.3 is 0 Å². The third-order valence-corrected chi connectivity index (χ3v) is 13.5. The Morgan fingerprint density at radius 1 is 0.438 bits per heavy atom. The summed E-state index contributed by atoms with van der Waals surface area (Å²) < 4.78 is 1.19. The fourth-order valence-electron chi connectivity index (χ4n) is 2.85. The molecule has 1 aliphatic heterocycles. The van der Waals surface area contributed by atoms with E-state index in [0.717, 1.165) is 0 Å². The van der Waals surface area contributed by atoms with Crippen LogP contribution >= 0.6 is 43.2 Å². The summed E-state index contributed by atoms with van der Waals surface area (Å²) in [5.74, 6) is 0. The molecule has 0 nitrogen and oxygen atoms in total. The van der Waals surface area contributed by atoms with Crippen molar-refractivity contribution < 1.29 is 0 Å². The minimum Gasteiger partial charge on any atom is -0.0739 e. The average Bonchev–Trinajstić information content (AvgIpc) is 2.36. The molecular weight excluding hydrogens is 272 g/mol. The van der Waals surface area contributed by atoms with Crippen LogP contribution in [0.5, 0.6) is 0 Å². The van der Waals surface area contributed by atoms with Gasteiger partial charge in [-0.3, -0.25) is 0 Å². The molecule has 0 radical (unpaired) electrons. The first-order valence-corrected chi connectivity index (χ1v) is 10.9. The fourth-order valence-corrected chi connectivity index (χ4v) is 12.5. The molecule has 0 N–H and O–H groups in total. The van der Waals surface area contributed by atoms with E-state index in [1.54, 1.807) is 0 Å². The van der Waals surface area contributed by atoms with Gasteiger partial charge in [0.15, 0.2) is 0 Å². The van der Waals surface area contributed by atoms with E-state index < -0.39 is 0 Å². The summed E-state index contributed by atoms with van der Waals surface area (Å²) in [4.78, 5) is 0. The summed E-state index contributed by atoms with van der Waals surface area (Å²) >= 11 is 0. The van der Waals surface area contributed by atoms with Gasteiger partial charge in [0.05, 0.1) is 8.16 Å². The van der Waals surface area contributed by atoms with Crippen LogP contribution in [0, 0.1) is 0 Å². The van der Waals surface area contributed by atoms with E-state index in [0.29, 0.717) is 8.16 Å². The van der Waals surface area contributed by atoms with Crippen LogP contribution < -0.4 is 0 Å². The van der Waals surface area contributed by atoms with Crippen LogP contribution in [0.4, 0.5) is 0 Å². The van der Waals surface area contributed by atoms with Crippen molar-refractivity contribution in [2.24, 2.45) is 0 Å². The van der Waals surface area contributed by atoms with Crippen molar-refractivity contribution in [1.29, 1.82) is 0 Å². The van der Waals surface area contributed by atoms with E-state index in [1.165, 1.54) is 64.2 Å². The maximum atomic E-state index is 2.25. The van der Waals surface area contributed by atoms with Crippen molar-refractivity contribution in [1.82, 2.24) is 0 Å². The Hall–Kier alpha value is 1.40. The van der Waals surface area contributed by atoms with Crippen LogP contribution in [-0.4, -0.2) is 8.16 Å². The lowest BCUT2D eigenvalue weighted by Crippen LogP contribution is -2.31. The predicted octanol–water partition coefficient (Wildman–Crippen LogP) is 6.08. The van der Waals surface area contributed by atoms with Gasteiger partial charge in [0.25, 0.3) is 0 Å². The molecule has 1 heterocycles. The summed E-state index contributed by atoms with van der Waals surface area (Å²) in [6.45, 7) is 0. The van der Waals surface area contributed by atoms with Gasteiger partial charge in [-0.1, -0.05) is 81.7 Å². The lowest BCUT2D eigenvalue weighted by molar-refractivity contribution is 0.487. The molecule has 0 aromatic carbocycles. The Labute approximate surface area is 115 Å². The molecule has 4 heteroatoms. The monoisotopic (exact) mass is 292 g/mol. The van der Waals surface area contributed by atoms with Crippen LogP contribution in [0.15, 0.2) is 0 Å². The zero-order chi connectivity index (χ0) is 10.9. The molecule has 0 aromatic rings. The molecule has 3 rings (SSSR count). The normalized spacial score (nSPS) is 33.0. The third-order valence-electron chi connectivity index (χ3n) is 3.92. The van der Waals surface area contributed by atoms with Crippen LogP contribution in [0.2, 0.25) is 0 Å². The highest BCUT2D eigenvalue weighted by atomic mass is 33.2. The minimum absolute atomic E-state index is 0.594. The highest BCUT2D eigenvalue weighted by molar-refractivity contribution is 8.93. The molecular formula is C12H20S4. The standard InChI is InChI=1S/C12H20S4/c1-3-7-11(8-4-1)13-15-12(16-14-11)9-5-2-6-10-12/h1-10H2. The molecule has 1 saturated heterocycles. The number of hydrogen-bond acceptors (Lipinski definition) is 4. The number of hydrogen-bond donors (Lipinski definition) is 0. The molecule has 0 atom stereocenters. The van der Waals surface area contributed by atoms with Gasteiger partial charge in [-0.15, -0.1) is 0 Å². The molecule has 3 aliphatic rings. The molecule has 0 unspecified atom stereocenters. The predicted molar refractivity (Wildman–Crippen MR) is 82.0 cm³/mol. The Bertz CT molecular complexity index is 203. The van der Waals surface area contributed by atoms with Crippen molar-refractivity contribution >= 4 is 43.2 Å². The highest BCUT2D eigenvalue weighted by Gasteiger charge is 2.46. The van der Waals surface area contributed by atoms with E-state index in [4.69, 9.17) is 0 Å². The Balaban J connectivity index is 1.61. The van der Waals surface area contributed by atoms with Crippen LogP contribution in [-0.2, 0) is 0 Å². The second kappa shape index (κ2) is 5.18. The Morgan fingerprint density at radius 3 is 1.06 bits per heavy atom. The third kappa shape index (κ3) is 2.55. The zero-order valence-corrected chi connectivity index (χ0v) is 13.0. The van der Waals surface area contributed by atoms with Crippen LogP contribution in [0.3, 0.4) is 0 Å². The smallest absolute Gasteiger partial charge is 0.0739 e. The lowest BCUT2D eigenvalue weighted by Gasteiger charge is -2.46. The minimum atomic E-state index is 0.594. The highest BCUT2D eigenvalue weighted by Crippen LogP contribution is 2.71. The largest absolute Gasteiger partial charge is 0.0818 e. The molecule has 3 fully saturated rings. The second-order valence-corrected chi connectivity index (χ2v) is 11.6. The second-order valence-electron chi connectivity index (χ2n) is 5.28. The quantitative estimate of drug-likeness (QED) is 0.496. The SMILES string of the molecule is C1CCC2(CC1)SSC1(CCCCC1)SS2. The molecule has 0 bridgehead atoms. The molecule has 0 amide bonds. The van der Waals surface area contributed by atoms with Gasteiger partial charge >= 0.3 is 0 Å². The van der Waals surface area contributed by atoms with E-state index in [1.807, 2.05) is 0 Å². The first-order valence-electron chi connectivity index (χ1n) is 6.56. The molecule has 2 aliphatic carbocycles. The summed E-state index contributed by atoms with van der Waals surface area (Å²) in [6.07, 6.45) is 14.6. The first kappa shape index (κ1) is 12.4. The Kier molecular flexibility index (Phi) is 4.03. The zero-order valence-electron chi connectivity index (χ0n) is 9.70. The summed E-state index contributed by atoms with van der Waals surface area (Å²) in [7, 11) is 9.00. The van der Waals surface area contributed by atoms with E-state index in [-0.39, 0.29) is 0 Å². The van der Waals surface area contributed by atoms with Gasteiger partial charge in [0.2, 0.25) is 0 Å². The van der Waals surface area contributed by atoms with Gasteiger partial charge in [-0.25, -0.2) is 0 Å². The van der Waals surface area contributed by atoms with Crippen LogP contribution in [0.25, 0.3) is 0 Å². The van der Waals surface area contributed by atoms with Crippen LogP contribution in [0.1, 0.15) is 64.2 Å². The van der Waals surface area contributed by atoms with Crippen molar-refractivity contribution in [2.75, 3.05) is 0 Å². The van der Waals surface area contributed by atoms with Crippen molar-refractivity contribution in [2.45, 2.75) is 72.4 Å². The topological polar surface area (TPSA) is 0 Å². The molecule has 2 saturated carbocycles. The van der Waals surface area contributed by atoms with Gasteiger partial charge in [0, 0.05) is 0 Å². The number of rotatable bonds is 0.